The van der Waals surface area contributed by atoms with E-state index in [2.05, 4.69) is 5.32 Å². The average Bonchev–Trinajstić information content (AvgIpc) is 3.28. The number of amides is 2. The van der Waals surface area contributed by atoms with E-state index in [4.69, 9.17) is 16.3 Å². The first-order valence-corrected chi connectivity index (χ1v) is 9.89. The zero-order valence-corrected chi connectivity index (χ0v) is 15.8. The minimum atomic E-state index is -0.223. The van der Waals surface area contributed by atoms with Crippen molar-refractivity contribution in [2.24, 2.45) is 11.8 Å². The van der Waals surface area contributed by atoms with E-state index in [1.54, 1.807) is 24.3 Å². The van der Waals surface area contributed by atoms with Gasteiger partial charge in [0.05, 0.1) is 18.2 Å². The molecule has 1 aromatic carbocycles. The maximum atomic E-state index is 12.9. The van der Waals surface area contributed by atoms with Crippen LogP contribution in [0.2, 0.25) is 5.02 Å². The summed E-state index contributed by atoms with van der Waals surface area (Å²) in [7, 11) is 0. The van der Waals surface area contributed by atoms with E-state index >= 15 is 0 Å². The molecule has 140 valence electrons. The van der Waals surface area contributed by atoms with Crippen LogP contribution in [-0.4, -0.2) is 48.1 Å². The van der Waals surface area contributed by atoms with Crippen LogP contribution in [0.25, 0.3) is 0 Å². The molecule has 0 aromatic heterocycles. The van der Waals surface area contributed by atoms with Gasteiger partial charge in [-0.15, -0.1) is 0 Å². The van der Waals surface area contributed by atoms with Gasteiger partial charge in [-0.2, -0.15) is 0 Å². The lowest BCUT2D eigenvalue weighted by Gasteiger charge is -2.29. The van der Waals surface area contributed by atoms with E-state index in [1.807, 2.05) is 11.8 Å². The van der Waals surface area contributed by atoms with Gasteiger partial charge in [-0.3, -0.25) is 9.59 Å². The van der Waals surface area contributed by atoms with Crippen LogP contribution in [0.5, 0.6) is 0 Å². The maximum absolute atomic E-state index is 12.9. The number of ether oxygens (including phenoxy) is 1. The van der Waals surface area contributed by atoms with Gasteiger partial charge < -0.3 is 15.0 Å². The maximum Gasteiger partial charge on any atom is 0.254 e. The van der Waals surface area contributed by atoms with Gasteiger partial charge in [-0.1, -0.05) is 24.6 Å². The van der Waals surface area contributed by atoms with Crippen LogP contribution in [0.4, 0.5) is 0 Å². The second-order valence-corrected chi connectivity index (χ2v) is 8.22. The van der Waals surface area contributed by atoms with Gasteiger partial charge in [0, 0.05) is 41.9 Å². The van der Waals surface area contributed by atoms with Crippen LogP contribution in [0.1, 0.15) is 43.0 Å². The van der Waals surface area contributed by atoms with Crippen molar-refractivity contribution < 1.29 is 14.3 Å². The van der Waals surface area contributed by atoms with Gasteiger partial charge in [0.25, 0.3) is 5.91 Å². The zero-order chi connectivity index (χ0) is 18.3. The second kappa shape index (κ2) is 6.86. The second-order valence-electron chi connectivity index (χ2n) is 7.78. The molecule has 3 heterocycles. The Morgan fingerprint density at radius 2 is 2.27 bits per heavy atom. The lowest BCUT2D eigenvalue weighted by Crippen LogP contribution is -2.41. The highest BCUT2D eigenvalue weighted by Crippen LogP contribution is 2.54. The van der Waals surface area contributed by atoms with Crippen LogP contribution >= 0.6 is 11.6 Å². The van der Waals surface area contributed by atoms with Crippen molar-refractivity contribution in [3.63, 3.8) is 0 Å². The minimum absolute atomic E-state index is 0.0112. The lowest BCUT2D eigenvalue weighted by atomic mass is 9.73. The number of hydrogen-bond acceptors (Lipinski definition) is 3. The smallest absolute Gasteiger partial charge is 0.254 e. The Bertz CT molecular complexity index is 725. The van der Waals surface area contributed by atoms with Gasteiger partial charge in [0.15, 0.2) is 0 Å². The van der Waals surface area contributed by atoms with E-state index in [9.17, 15) is 9.59 Å². The topological polar surface area (TPSA) is 58.6 Å². The summed E-state index contributed by atoms with van der Waals surface area (Å²) in [5, 5.41) is 3.63. The first-order valence-electron chi connectivity index (χ1n) is 9.52. The molecular formula is C20H25ClN2O3. The predicted octanol–water partition coefficient (Wildman–Crippen LogP) is 2.88. The number of likely N-dealkylation sites (tertiary alicyclic amines) is 1. The third-order valence-corrected chi connectivity index (χ3v) is 6.39. The molecule has 6 heteroatoms. The Morgan fingerprint density at radius 3 is 3.04 bits per heavy atom. The molecule has 2 amide bonds. The summed E-state index contributed by atoms with van der Waals surface area (Å²) >= 11 is 6.04. The van der Waals surface area contributed by atoms with Crippen molar-refractivity contribution in [2.45, 2.75) is 44.3 Å². The van der Waals surface area contributed by atoms with Crippen LogP contribution in [0.3, 0.4) is 0 Å². The van der Waals surface area contributed by atoms with Crippen molar-refractivity contribution >= 4 is 23.4 Å². The summed E-state index contributed by atoms with van der Waals surface area (Å²) in [6.45, 7) is 3.98. The molecule has 0 saturated carbocycles. The van der Waals surface area contributed by atoms with Crippen molar-refractivity contribution in [3.05, 3.63) is 34.9 Å². The highest BCUT2D eigenvalue weighted by molar-refractivity contribution is 6.30. The molecule has 1 aromatic rings. The van der Waals surface area contributed by atoms with Crippen LogP contribution in [-0.2, 0) is 9.53 Å². The standard InChI is InChI=1S/C20H25ClN2O3/c1-2-4-18(24)22-10-15-16-11-23(12-20(16)8-7-17(15)26-20)19(25)13-5-3-6-14(21)9-13/h3,5-6,9,15-17H,2,4,7-8,10-12H2,1H3,(H,22,24)/t15-,16+,17+,20+/m0/s1. The third kappa shape index (κ3) is 3.01. The molecule has 3 aliphatic heterocycles. The Hall–Kier alpha value is -1.59. The Balaban J connectivity index is 1.46. The molecule has 26 heavy (non-hydrogen) atoms. The number of rotatable bonds is 5. The highest BCUT2D eigenvalue weighted by atomic mass is 35.5. The molecule has 0 unspecified atom stereocenters. The summed E-state index contributed by atoms with van der Waals surface area (Å²) < 4.78 is 6.36. The first kappa shape index (κ1) is 17.8. The fraction of sp³-hybridized carbons (Fsp3) is 0.600. The van der Waals surface area contributed by atoms with Gasteiger partial charge in [-0.25, -0.2) is 0 Å². The van der Waals surface area contributed by atoms with Gasteiger partial charge in [-0.05, 0) is 37.5 Å². The molecule has 1 N–H and O–H groups in total. The van der Waals surface area contributed by atoms with E-state index in [-0.39, 0.29) is 23.5 Å². The van der Waals surface area contributed by atoms with Gasteiger partial charge in [0.1, 0.15) is 0 Å². The molecule has 0 radical (unpaired) electrons. The minimum Gasteiger partial charge on any atom is -0.369 e. The van der Waals surface area contributed by atoms with E-state index in [0.29, 0.717) is 48.5 Å². The van der Waals surface area contributed by atoms with E-state index in [1.165, 1.54) is 0 Å². The van der Waals surface area contributed by atoms with Gasteiger partial charge >= 0.3 is 0 Å². The van der Waals surface area contributed by atoms with Crippen molar-refractivity contribution in [3.8, 4) is 0 Å². The Labute approximate surface area is 159 Å². The SMILES string of the molecule is CCCC(=O)NC[C@H]1[C@H]2CN(C(=O)c3cccc(Cl)c3)C[C@]23CC[C@H]1O3. The van der Waals surface area contributed by atoms with Crippen molar-refractivity contribution in [1.29, 1.82) is 0 Å². The molecule has 4 rings (SSSR count). The summed E-state index contributed by atoms with van der Waals surface area (Å²) in [6.07, 6.45) is 3.65. The number of carbonyl (C=O) groups excluding carboxylic acids is 2. The molecule has 3 saturated heterocycles. The zero-order valence-electron chi connectivity index (χ0n) is 15.0. The normalized spacial score (nSPS) is 31.9. The summed E-state index contributed by atoms with van der Waals surface area (Å²) in [6, 6.07) is 7.10. The molecule has 5 nitrogen and oxygen atoms in total. The van der Waals surface area contributed by atoms with E-state index in [0.717, 1.165) is 19.3 Å². The third-order valence-electron chi connectivity index (χ3n) is 6.15. The number of carbonyl (C=O) groups is 2. The van der Waals surface area contributed by atoms with Crippen molar-refractivity contribution in [2.75, 3.05) is 19.6 Å². The monoisotopic (exact) mass is 376 g/mol. The quantitative estimate of drug-likeness (QED) is 0.859. The molecule has 3 fully saturated rings. The lowest BCUT2D eigenvalue weighted by molar-refractivity contribution is -0.121. The summed E-state index contributed by atoms with van der Waals surface area (Å²) in [5.74, 6) is 0.708. The molecule has 4 atom stereocenters. The molecule has 2 bridgehead atoms. The van der Waals surface area contributed by atoms with E-state index < -0.39 is 0 Å². The number of benzene rings is 1. The number of halogens is 1. The Morgan fingerprint density at radius 1 is 1.42 bits per heavy atom. The van der Waals surface area contributed by atoms with Crippen LogP contribution < -0.4 is 5.32 Å². The summed E-state index contributed by atoms with van der Waals surface area (Å²) in [4.78, 5) is 26.7. The highest BCUT2D eigenvalue weighted by Gasteiger charge is 2.63. The number of nitrogens with zero attached hydrogens (tertiary/aromatic N) is 1. The number of nitrogens with one attached hydrogen (secondary N) is 1. The molecule has 3 aliphatic rings. The predicted molar refractivity (Wildman–Crippen MR) is 99.1 cm³/mol. The average molecular weight is 377 g/mol. The number of hydrogen-bond donors (Lipinski definition) is 1. The summed E-state index contributed by atoms with van der Waals surface area (Å²) in [5.41, 5.74) is 0.398. The van der Waals surface area contributed by atoms with Gasteiger partial charge in [0.2, 0.25) is 5.91 Å². The largest absolute Gasteiger partial charge is 0.369 e. The fourth-order valence-electron chi connectivity index (χ4n) is 4.97. The molecule has 1 spiro atoms. The molecular weight excluding hydrogens is 352 g/mol. The van der Waals surface area contributed by atoms with Crippen molar-refractivity contribution in [1.82, 2.24) is 10.2 Å². The van der Waals surface area contributed by atoms with Crippen LogP contribution in [0, 0.1) is 11.8 Å². The molecule has 0 aliphatic carbocycles. The fourth-order valence-corrected chi connectivity index (χ4v) is 5.16. The Kier molecular flexibility index (Phi) is 4.70. The number of fused-ring (bicyclic) bond motifs is 1. The van der Waals surface area contributed by atoms with Crippen LogP contribution in [0.15, 0.2) is 24.3 Å². The first-order chi connectivity index (χ1) is 12.5.